The number of fused-ring (bicyclic) bond motifs is 1. The second kappa shape index (κ2) is 4.81. The Balaban J connectivity index is 2.09. The van der Waals surface area contributed by atoms with E-state index in [0.29, 0.717) is 5.75 Å². The topological polar surface area (TPSA) is 75.7 Å². The van der Waals surface area contributed by atoms with Crippen LogP contribution >= 0.6 is 31.9 Å². The number of ether oxygens (including phenoxy) is 1. The van der Waals surface area contributed by atoms with Crippen molar-refractivity contribution < 1.29 is 19.1 Å². The van der Waals surface area contributed by atoms with E-state index in [1.54, 1.807) is 24.3 Å². The second-order valence-corrected chi connectivity index (χ2v) is 6.54. The molecule has 0 saturated carbocycles. The first kappa shape index (κ1) is 14.5. The van der Waals surface area contributed by atoms with Crippen molar-refractivity contribution >= 4 is 49.6 Å². The number of carbonyl (C=O) groups excluding carboxylic acids is 3. The lowest BCUT2D eigenvalue weighted by molar-refractivity contribution is -0.168. The largest absolute Gasteiger partial charge is 0.457 e. The summed E-state index contributed by atoms with van der Waals surface area (Å²) < 4.78 is 5.72. The van der Waals surface area contributed by atoms with Gasteiger partial charge in [0.05, 0.1) is 0 Å². The lowest BCUT2D eigenvalue weighted by Gasteiger charge is -2.41. The second-order valence-electron chi connectivity index (χ2n) is 4.76. The van der Waals surface area contributed by atoms with Crippen LogP contribution in [0.15, 0.2) is 24.3 Å². The average molecular weight is 418 g/mol. The number of amides is 3. The molecule has 3 amide bonds. The third-order valence-electron chi connectivity index (χ3n) is 3.45. The van der Waals surface area contributed by atoms with E-state index in [0.717, 1.165) is 10.5 Å². The first-order valence-electron chi connectivity index (χ1n) is 6.11. The minimum Gasteiger partial charge on any atom is -0.457 e. The number of nitrogens with one attached hydrogen (secondary N) is 1. The summed E-state index contributed by atoms with van der Waals surface area (Å²) in [5.74, 6) is -1.17. The van der Waals surface area contributed by atoms with E-state index in [1.165, 1.54) is 6.92 Å². The molecular formula is C13H10Br2N2O4. The zero-order valence-electron chi connectivity index (χ0n) is 10.8. The van der Waals surface area contributed by atoms with Gasteiger partial charge in [0.1, 0.15) is 10.6 Å². The van der Waals surface area contributed by atoms with Crippen molar-refractivity contribution in [2.24, 2.45) is 0 Å². The summed E-state index contributed by atoms with van der Waals surface area (Å²) in [6.07, 6.45) is 0. The van der Waals surface area contributed by atoms with Gasteiger partial charge in [-0.1, -0.05) is 50.1 Å². The molecule has 1 N–H and O–H groups in total. The van der Waals surface area contributed by atoms with Crippen LogP contribution in [0.25, 0.3) is 0 Å². The van der Waals surface area contributed by atoms with Crippen LogP contribution in [0.4, 0.5) is 0 Å². The van der Waals surface area contributed by atoms with Crippen LogP contribution in [0.2, 0.25) is 0 Å². The molecule has 1 aromatic carbocycles. The predicted molar refractivity (Wildman–Crippen MR) is 79.9 cm³/mol. The Morgan fingerprint density at radius 3 is 2.62 bits per heavy atom. The molecule has 1 unspecified atom stereocenters. The molecule has 0 aliphatic carbocycles. The van der Waals surface area contributed by atoms with E-state index in [2.05, 4.69) is 37.2 Å². The van der Waals surface area contributed by atoms with Gasteiger partial charge in [0.2, 0.25) is 5.91 Å². The van der Waals surface area contributed by atoms with Gasteiger partial charge in [-0.3, -0.25) is 19.3 Å². The highest BCUT2D eigenvalue weighted by Crippen LogP contribution is 2.49. The number of para-hydroxylation sites is 1. The van der Waals surface area contributed by atoms with Gasteiger partial charge in [-0.2, -0.15) is 0 Å². The van der Waals surface area contributed by atoms with Crippen LogP contribution in [-0.4, -0.2) is 33.3 Å². The van der Waals surface area contributed by atoms with Crippen molar-refractivity contribution in [3.63, 3.8) is 0 Å². The van der Waals surface area contributed by atoms with Crippen molar-refractivity contribution in [2.75, 3.05) is 0 Å². The Bertz CT molecular complexity index is 665. The summed E-state index contributed by atoms with van der Waals surface area (Å²) in [6.45, 7) is 1.23. The van der Waals surface area contributed by atoms with Gasteiger partial charge in [-0.25, -0.2) is 0 Å². The molecule has 0 bridgehead atoms. The standard InChI is InChI=1S/C13H10Br2N2O4/c1-6(18)17-10(15)11(19)16-13(12(17)20)9(14)7-4-2-3-5-8(7)21-13/h2-5,9-10H,1H3,(H,16,19)/t9-,10?,13-/m1/s1. The maximum absolute atomic E-state index is 12.7. The first-order chi connectivity index (χ1) is 9.88. The first-order valence-corrected chi connectivity index (χ1v) is 7.94. The lowest BCUT2D eigenvalue weighted by Crippen LogP contribution is -2.72. The van der Waals surface area contributed by atoms with Crippen LogP contribution in [0.3, 0.4) is 0 Å². The highest BCUT2D eigenvalue weighted by Gasteiger charge is 2.61. The third kappa shape index (κ3) is 1.92. The van der Waals surface area contributed by atoms with E-state index >= 15 is 0 Å². The highest BCUT2D eigenvalue weighted by atomic mass is 79.9. The molecule has 0 radical (unpaired) electrons. The lowest BCUT2D eigenvalue weighted by atomic mass is 10.0. The van der Waals surface area contributed by atoms with Crippen molar-refractivity contribution in [1.29, 1.82) is 0 Å². The fourth-order valence-electron chi connectivity index (χ4n) is 2.47. The smallest absolute Gasteiger partial charge is 0.298 e. The number of halogens is 2. The molecule has 3 atom stereocenters. The van der Waals surface area contributed by atoms with E-state index in [1.807, 2.05) is 0 Å². The number of hydrogen-bond donors (Lipinski definition) is 1. The summed E-state index contributed by atoms with van der Waals surface area (Å²) in [4.78, 5) is 35.8. The molecule has 110 valence electrons. The number of nitrogens with zero attached hydrogens (tertiary/aromatic N) is 1. The van der Waals surface area contributed by atoms with Gasteiger partial charge in [0.25, 0.3) is 17.5 Å². The Kier molecular flexibility index (Phi) is 3.32. The third-order valence-corrected chi connectivity index (χ3v) is 5.41. The van der Waals surface area contributed by atoms with Gasteiger partial charge in [0, 0.05) is 12.5 Å². The molecule has 21 heavy (non-hydrogen) atoms. The highest BCUT2D eigenvalue weighted by molar-refractivity contribution is 9.10. The zero-order valence-corrected chi connectivity index (χ0v) is 14.0. The molecule has 1 spiro atoms. The number of benzene rings is 1. The SMILES string of the molecule is CC(=O)N1C(=O)[C@]2(NC(=O)C1Br)Oc1ccccc1[C@H]2Br. The molecule has 3 rings (SSSR count). The normalized spacial score (nSPS) is 30.9. The van der Waals surface area contributed by atoms with Crippen molar-refractivity contribution in [1.82, 2.24) is 10.2 Å². The van der Waals surface area contributed by atoms with Crippen molar-refractivity contribution in [3.05, 3.63) is 29.8 Å². The molecule has 6 nitrogen and oxygen atoms in total. The molecule has 1 fully saturated rings. The Labute approximate surface area is 137 Å². The summed E-state index contributed by atoms with van der Waals surface area (Å²) in [6, 6.07) is 7.07. The average Bonchev–Trinajstić information content (AvgIpc) is 2.71. The van der Waals surface area contributed by atoms with E-state index in [-0.39, 0.29) is 0 Å². The minimum absolute atomic E-state index is 0.490. The van der Waals surface area contributed by atoms with E-state index < -0.39 is 33.2 Å². The number of hydrogen-bond acceptors (Lipinski definition) is 4. The summed E-state index contributed by atoms with van der Waals surface area (Å²) >= 11 is 6.45. The minimum atomic E-state index is -1.64. The molecule has 1 aromatic rings. The number of imide groups is 1. The molecule has 8 heteroatoms. The Morgan fingerprint density at radius 1 is 1.33 bits per heavy atom. The number of carbonyl (C=O) groups is 3. The van der Waals surface area contributed by atoms with Crippen LogP contribution in [-0.2, 0) is 14.4 Å². The Hall–Kier alpha value is -1.41. The van der Waals surface area contributed by atoms with Gasteiger partial charge >= 0.3 is 0 Å². The summed E-state index contributed by atoms with van der Waals surface area (Å²) in [5.41, 5.74) is -0.904. The van der Waals surface area contributed by atoms with Crippen molar-refractivity contribution in [2.45, 2.75) is 22.4 Å². The van der Waals surface area contributed by atoms with Crippen LogP contribution < -0.4 is 10.1 Å². The van der Waals surface area contributed by atoms with Gasteiger partial charge in [-0.05, 0) is 6.07 Å². The van der Waals surface area contributed by atoms with Gasteiger partial charge in [0.15, 0.2) is 4.95 Å². The van der Waals surface area contributed by atoms with E-state index in [4.69, 9.17) is 4.74 Å². The molecule has 2 aliphatic rings. The number of piperazine rings is 1. The molecular weight excluding hydrogens is 408 g/mol. The monoisotopic (exact) mass is 416 g/mol. The predicted octanol–water partition coefficient (Wildman–Crippen LogP) is 1.44. The van der Waals surface area contributed by atoms with Crippen LogP contribution in [0.5, 0.6) is 5.75 Å². The number of alkyl halides is 2. The molecule has 1 saturated heterocycles. The van der Waals surface area contributed by atoms with Crippen LogP contribution in [0, 0.1) is 0 Å². The molecule has 2 heterocycles. The molecule has 2 aliphatic heterocycles. The van der Waals surface area contributed by atoms with E-state index in [9.17, 15) is 14.4 Å². The van der Waals surface area contributed by atoms with Crippen LogP contribution in [0.1, 0.15) is 17.3 Å². The fourth-order valence-corrected chi connectivity index (χ4v) is 3.84. The maximum atomic E-state index is 12.7. The number of rotatable bonds is 0. The zero-order chi connectivity index (χ0) is 15.4. The van der Waals surface area contributed by atoms with Gasteiger partial charge < -0.3 is 10.1 Å². The summed E-state index contributed by atoms with van der Waals surface area (Å²) in [7, 11) is 0. The van der Waals surface area contributed by atoms with Gasteiger partial charge in [-0.15, -0.1) is 0 Å². The Morgan fingerprint density at radius 2 is 2.00 bits per heavy atom. The molecule has 0 aromatic heterocycles. The summed E-state index contributed by atoms with van der Waals surface area (Å²) in [5, 5.41) is 2.57. The quantitative estimate of drug-likeness (QED) is 0.512. The van der Waals surface area contributed by atoms with Crippen molar-refractivity contribution in [3.8, 4) is 5.75 Å². The maximum Gasteiger partial charge on any atom is 0.298 e. The fraction of sp³-hybridized carbons (Fsp3) is 0.308.